The van der Waals surface area contributed by atoms with Crippen LogP contribution in [0, 0.1) is 17.0 Å². The third kappa shape index (κ3) is 4.08. The molecule has 108 valence electrons. The molecule has 0 atom stereocenters. The number of pyridine rings is 1. The van der Waals surface area contributed by atoms with Crippen LogP contribution >= 0.6 is 12.2 Å². The van der Waals surface area contributed by atoms with Crippen molar-refractivity contribution in [1.82, 2.24) is 10.4 Å². The minimum atomic E-state index is -0.624. The molecule has 2 aromatic rings. The van der Waals surface area contributed by atoms with Crippen LogP contribution in [-0.4, -0.2) is 21.2 Å². The Morgan fingerprint density at radius 2 is 2.33 bits per heavy atom. The van der Waals surface area contributed by atoms with Gasteiger partial charge in [0.15, 0.2) is 10.9 Å². The summed E-state index contributed by atoms with van der Waals surface area (Å²) in [6.45, 7) is 1.89. The number of rotatable bonds is 4. The summed E-state index contributed by atoms with van der Waals surface area (Å²) >= 11 is 5.04. The molecule has 0 unspecified atom stereocenters. The first-order chi connectivity index (χ1) is 10.1. The molecular formula is C12H11N5O3S. The van der Waals surface area contributed by atoms with E-state index in [1.807, 2.05) is 19.1 Å². The van der Waals surface area contributed by atoms with E-state index in [1.54, 1.807) is 6.20 Å². The van der Waals surface area contributed by atoms with Gasteiger partial charge in [0.1, 0.15) is 10.7 Å². The van der Waals surface area contributed by atoms with Crippen molar-refractivity contribution in [3.63, 3.8) is 0 Å². The molecular weight excluding hydrogens is 294 g/mol. The summed E-state index contributed by atoms with van der Waals surface area (Å²) in [5, 5.41) is 17.4. The lowest BCUT2D eigenvalue weighted by Crippen LogP contribution is -2.24. The number of aromatic nitrogens is 1. The third-order valence-corrected chi connectivity index (χ3v) is 2.59. The lowest BCUT2D eigenvalue weighted by molar-refractivity contribution is -0.402. The SMILES string of the molecule is Cc1cccnc1NC(=S)N/N=C/c1ccc([N+](=O)[O-])o1. The molecule has 8 nitrogen and oxygen atoms in total. The molecule has 0 amide bonds. The first kappa shape index (κ1) is 14.6. The van der Waals surface area contributed by atoms with Crippen molar-refractivity contribution in [3.05, 3.63) is 51.9 Å². The van der Waals surface area contributed by atoms with E-state index in [4.69, 9.17) is 16.6 Å². The van der Waals surface area contributed by atoms with E-state index in [0.717, 1.165) is 5.56 Å². The Morgan fingerprint density at radius 3 is 3.00 bits per heavy atom. The molecule has 0 fully saturated rings. The van der Waals surface area contributed by atoms with Crippen molar-refractivity contribution in [2.45, 2.75) is 6.92 Å². The Labute approximate surface area is 125 Å². The summed E-state index contributed by atoms with van der Waals surface area (Å²) in [4.78, 5) is 13.9. The van der Waals surface area contributed by atoms with Gasteiger partial charge >= 0.3 is 5.88 Å². The quantitative estimate of drug-likeness (QED) is 0.386. The average molecular weight is 305 g/mol. The highest BCUT2D eigenvalue weighted by atomic mass is 32.1. The molecule has 0 aliphatic carbocycles. The van der Waals surface area contributed by atoms with Gasteiger partial charge in [-0.15, -0.1) is 0 Å². The number of thiocarbonyl (C=S) groups is 1. The molecule has 0 saturated heterocycles. The van der Waals surface area contributed by atoms with Gasteiger partial charge in [-0.05, 0) is 36.8 Å². The van der Waals surface area contributed by atoms with E-state index in [2.05, 4.69) is 20.8 Å². The van der Waals surface area contributed by atoms with Crippen molar-refractivity contribution in [1.29, 1.82) is 0 Å². The van der Waals surface area contributed by atoms with Gasteiger partial charge in [0.2, 0.25) is 0 Å². The monoisotopic (exact) mass is 305 g/mol. The molecule has 21 heavy (non-hydrogen) atoms. The van der Waals surface area contributed by atoms with E-state index in [-0.39, 0.29) is 16.8 Å². The molecule has 0 spiro atoms. The van der Waals surface area contributed by atoms with Gasteiger partial charge < -0.3 is 9.73 Å². The molecule has 2 heterocycles. The van der Waals surface area contributed by atoms with Crippen LogP contribution in [0.15, 0.2) is 40.0 Å². The fourth-order valence-electron chi connectivity index (χ4n) is 1.42. The first-order valence-corrected chi connectivity index (χ1v) is 6.23. The fraction of sp³-hybridized carbons (Fsp3) is 0.0833. The first-order valence-electron chi connectivity index (χ1n) is 5.82. The average Bonchev–Trinajstić information content (AvgIpc) is 2.90. The van der Waals surface area contributed by atoms with E-state index < -0.39 is 4.92 Å². The van der Waals surface area contributed by atoms with Gasteiger partial charge in [-0.2, -0.15) is 5.10 Å². The van der Waals surface area contributed by atoms with Gasteiger partial charge in [0, 0.05) is 6.20 Å². The zero-order valence-corrected chi connectivity index (χ0v) is 11.8. The number of anilines is 1. The topological polar surface area (TPSA) is 106 Å². The van der Waals surface area contributed by atoms with Crippen molar-refractivity contribution >= 4 is 35.2 Å². The van der Waals surface area contributed by atoms with E-state index in [0.29, 0.717) is 5.82 Å². The highest BCUT2D eigenvalue weighted by Crippen LogP contribution is 2.13. The Morgan fingerprint density at radius 1 is 1.52 bits per heavy atom. The molecule has 0 aromatic carbocycles. The van der Waals surface area contributed by atoms with Crippen molar-refractivity contribution in [2.24, 2.45) is 5.10 Å². The smallest absolute Gasteiger partial charge is 0.400 e. The number of hydrazone groups is 1. The van der Waals surface area contributed by atoms with Crippen molar-refractivity contribution < 1.29 is 9.34 Å². The Kier molecular flexibility index (Phi) is 4.57. The van der Waals surface area contributed by atoms with Crippen LogP contribution in [0.3, 0.4) is 0 Å². The van der Waals surface area contributed by atoms with Crippen LogP contribution in [0.25, 0.3) is 0 Å². The number of nitrogens with one attached hydrogen (secondary N) is 2. The summed E-state index contributed by atoms with van der Waals surface area (Å²) in [5.74, 6) is 0.520. The van der Waals surface area contributed by atoms with Crippen molar-refractivity contribution in [2.75, 3.05) is 5.32 Å². The molecule has 0 aliphatic heterocycles. The number of aryl methyl sites for hydroxylation is 1. The zero-order valence-electron chi connectivity index (χ0n) is 10.9. The Balaban J connectivity index is 1.90. The van der Waals surface area contributed by atoms with Crippen LogP contribution in [-0.2, 0) is 0 Å². The number of hydrogen-bond acceptors (Lipinski definition) is 6. The summed E-state index contributed by atoms with van der Waals surface area (Å²) < 4.78 is 4.90. The lowest BCUT2D eigenvalue weighted by atomic mass is 10.3. The normalized spacial score (nSPS) is 10.5. The molecule has 0 aliphatic rings. The molecule has 2 rings (SSSR count). The standard InChI is InChI=1S/C12H11N5O3S/c1-8-3-2-6-13-11(8)15-12(21)16-14-7-9-4-5-10(20-9)17(18)19/h2-7H,1H3,(H2,13,15,16,21)/b14-7+. The van der Waals surface area contributed by atoms with Crippen LogP contribution in [0.5, 0.6) is 0 Å². The molecule has 2 aromatic heterocycles. The summed E-state index contributed by atoms with van der Waals surface area (Å²) in [7, 11) is 0. The number of hydrogen-bond donors (Lipinski definition) is 2. The summed E-state index contributed by atoms with van der Waals surface area (Å²) in [5.41, 5.74) is 3.50. The minimum Gasteiger partial charge on any atom is -0.400 e. The number of nitrogens with zero attached hydrogens (tertiary/aromatic N) is 3. The second kappa shape index (κ2) is 6.57. The molecule has 9 heteroatoms. The Bertz CT molecular complexity index is 698. The van der Waals surface area contributed by atoms with Gasteiger partial charge in [-0.25, -0.2) is 4.98 Å². The summed E-state index contributed by atoms with van der Waals surface area (Å²) in [6, 6.07) is 6.39. The van der Waals surface area contributed by atoms with Gasteiger partial charge in [-0.3, -0.25) is 15.5 Å². The molecule has 0 saturated carbocycles. The Hall–Kier alpha value is -2.81. The van der Waals surface area contributed by atoms with Crippen LogP contribution in [0.1, 0.15) is 11.3 Å². The van der Waals surface area contributed by atoms with E-state index in [1.165, 1.54) is 18.3 Å². The van der Waals surface area contributed by atoms with Gasteiger partial charge in [-0.1, -0.05) is 6.07 Å². The zero-order chi connectivity index (χ0) is 15.2. The maximum Gasteiger partial charge on any atom is 0.433 e. The van der Waals surface area contributed by atoms with Gasteiger partial charge in [0.05, 0.1) is 12.3 Å². The fourth-order valence-corrected chi connectivity index (χ4v) is 1.57. The summed E-state index contributed by atoms with van der Waals surface area (Å²) in [6.07, 6.45) is 2.93. The largest absolute Gasteiger partial charge is 0.433 e. The molecule has 0 radical (unpaired) electrons. The van der Waals surface area contributed by atoms with Crippen LogP contribution in [0.4, 0.5) is 11.7 Å². The maximum absolute atomic E-state index is 10.4. The van der Waals surface area contributed by atoms with Crippen molar-refractivity contribution in [3.8, 4) is 0 Å². The van der Waals surface area contributed by atoms with Crippen LogP contribution in [0.2, 0.25) is 0 Å². The molecule has 0 bridgehead atoms. The lowest BCUT2D eigenvalue weighted by Gasteiger charge is -2.07. The predicted octanol–water partition coefficient (Wildman–Crippen LogP) is 2.21. The van der Waals surface area contributed by atoms with E-state index in [9.17, 15) is 10.1 Å². The maximum atomic E-state index is 10.4. The predicted molar refractivity (Wildman–Crippen MR) is 81.3 cm³/mol. The van der Waals surface area contributed by atoms with Gasteiger partial charge in [0.25, 0.3) is 0 Å². The third-order valence-electron chi connectivity index (χ3n) is 2.39. The highest BCUT2D eigenvalue weighted by Gasteiger charge is 2.10. The number of nitro groups is 1. The van der Waals surface area contributed by atoms with Crippen LogP contribution < -0.4 is 10.7 Å². The number of furan rings is 1. The van der Waals surface area contributed by atoms with E-state index >= 15 is 0 Å². The molecule has 2 N–H and O–H groups in total. The second-order valence-electron chi connectivity index (χ2n) is 3.93. The highest BCUT2D eigenvalue weighted by molar-refractivity contribution is 7.80. The minimum absolute atomic E-state index is 0.242. The second-order valence-corrected chi connectivity index (χ2v) is 4.33.